The van der Waals surface area contributed by atoms with Crippen LogP contribution in [0.2, 0.25) is 0 Å². The van der Waals surface area contributed by atoms with Gasteiger partial charge in [0.1, 0.15) is 11.4 Å². The zero-order valence-corrected chi connectivity index (χ0v) is 34.6. The number of nitrogens with one attached hydrogen (secondary N) is 2. The molecule has 5 heterocycles. The molecule has 1 aliphatic carbocycles. The lowest BCUT2D eigenvalue weighted by molar-refractivity contribution is -0.120. The van der Waals surface area contributed by atoms with Crippen LogP contribution in [-0.2, 0) is 10.4 Å². The summed E-state index contributed by atoms with van der Waals surface area (Å²) in [6.45, 7) is 10.1. The Balaban J connectivity index is 0.824. The highest BCUT2D eigenvalue weighted by atomic mass is 16.5. The maximum Gasteiger partial charge on any atom is 0.328 e. The predicted octanol–water partition coefficient (Wildman–Crippen LogP) is 6.42. The van der Waals surface area contributed by atoms with Gasteiger partial charge in [0, 0.05) is 79.8 Å². The number of pyridine rings is 1. The number of aryl methyl sites for hydroxylation is 1. The van der Waals surface area contributed by atoms with Crippen molar-refractivity contribution < 1.29 is 29.0 Å². The first kappa shape index (κ1) is 40.4. The highest BCUT2D eigenvalue weighted by molar-refractivity contribution is 6.07. The number of nitrogens with zero attached hydrogens (tertiary/aromatic N) is 6. The van der Waals surface area contributed by atoms with Crippen molar-refractivity contribution in [2.24, 2.45) is 11.3 Å². The number of aliphatic hydroxyl groups is 1. The number of hydrogen-bond donors (Lipinski definition) is 3. The van der Waals surface area contributed by atoms with E-state index in [4.69, 9.17) is 9.84 Å². The third kappa shape index (κ3) is 8.70. The van der Waals surface area contributed by atoms with Crippen LogP contribution >= 0.6 is 0 Å². The average molecular weight is 805 g/mol. The molecule has 0 atom stereocenters. The lowest BCUT2D eigenvalue weighted by Crippen LogP contribution is -2.49. The van der Waals surface area contributed by atoms with Gasteiger partial charge in [0.25, 0.3) is 11.8 Å². The van der Waals surface area contributed by atoms with Crippen molar-refractivity contribution in [2.45, 2.75) is 90.2 Å². The van der Waals surface area contributed by atoms with Crippen LogP contribution in [-0.4, -0.2) is 99.8 Å². The number of aromatic nitrogens is 3. The Morgan fingerprint density at radius 1 is 0.966 bits per heavy atom. The maximum absolute atomic E-state index is 13.7. The Kier molecular flexibility index (Phi) is 11.2. The number of fused-ring (bicyclic) bond motifs is 1. The first-order valence-electron chi connectivity index (χ1n) is 21.1. The zero-order valence-electron chi connectivity index (χ0n) is 34.6. The van der Waals surface area contributed by atoms with E-state index < -0.39 is 11.6 Å². The van der Waals surface area contributed by atoms with E-state index in [1.165, 1.54) is 37.7 Å². The largest absolute Gasteiger partial charge is 0.495 e. The molecule has 8 rings (SSSR count). The van der Waals surface area contributed by atoms with E-state index in [-0.39, 0.29) is 42.1 Å². The molecule has 312 valence electrons. The Labute approximate surface area is 345 Å². The monoisotopic (exact) mass is 804 g/mol. The van der Waals surface area contributed by atoms with Crippen molar-refractivity contribution in [3.05, 3.63) is 77.2 Å². The van der Waals surface area contributed by atoms with Crippen LogP contribution in [0.3, 0.4) is 0 Å². The Morgan fingerprint density at radius 3 is 2.39 bits per heavy atom. The summed E-state index contributed by atoms with van der Waals surface area (Å²) in [5.41, 5.74) is 3.14. The third-order valence-corrected chi connectivity index (χ3v) is 13.2. The standard InChI is InChI=1S/C45H56N8O6/c1-29-6-5-7-35(46-29)41(55)47-37-24-32-28-53(49-36(32)26-34(37)44(2,3)58)33-12-19-50(20-13-33)27-30-10-15-45(16-11-30)17-22-51(23-18-45)42(56)31-8-9-39(59-4)38(25-31)52-21-14-40(54)48-43(52)57/h5-9,24-26,28,30,33,58H,10-23,27H2,1-4H3,(H,47,55)(H,48,54,57). The molecule has 1 spiro atoms. The van der Waals surface area contributed by atoms with Gasteiger partial charge in [0.2, 0.25) is 5.91 Å². The molecule has 2 aromatic carbocycles. The summed E-state index contributed by atoms with van der Waals surface area (Å²) in [5, 5.41) is 22.3. The summed E-state index contributed by atoms with van der Waals surface area (Å²) in [6, 6.07) is 14.1. The Bertz CT molecular complexity index is 2240. The molecule has 4 aliphatic rings. The molecule has 4 fully saturated rings. The number of amides is 5. The quantitative estimate of drug-likeness (QED) is 0.173. The van der Waals surface area contributed by atoms with Gasteiger partial charge < -0.3 is 25.0 Å². The molecule has 1 saturated carbocycles. The van der Waals surface area contributed by atoms with Gasteiger partial charge in [0.05, 0.1) is 30.0 Å². The average Bonchev–Trinajstić information content (AvgIpc) is 3.64. The molecule has 0 bridgehead atoms. The van der Waals surface area contributed by atoms with Crippen molar-refractivity contribution in [3.8, 4) is 5.75 Å². The summed E-state index contributed by atoms with van der Waals surface area (Å²) in [6.07, 6.45) is 11.1. The van der Waals surface area contributed by atoms with Crippen molar-refractivity contribution in [1.29, 1.82) is 0 Å². The zero-order chi connectivity index (χ0) is 41.5. The van der Waals surface area contributed by atoms with Gasteiger partial charge in [-0.15, -0.1) is 0 Å². The molecule has 59 heavy (non-hydrogen) atoms. The molecule has 0 radical (unpaired) electrons. The number of carbonyl (C=O) groups excluding carboxylic acids is 4. The molecule has 14 nitrogen and oxygen atoms in total. The number of anilines is 2. The molecule has 2 aromatic heterocycles. The number of methoxy groups -OCH3 is 1. The second-order valence-corrected chi connectivity index (χ2v) is 17.7. The van der Waals surface area contributed by atoms with Crippen molar-refractivity contribution in [3.63, 3.8) is 0 Å². The number of ether oxygens (including phenoxy) is 1. The second-order valence-electron chi connectivity index (χ2n) is 17.7. The third-order valence-electron chi connectivity index (χ3n) is 13.2. The predicted molar refractivity (Wildman–Crippen MR) is 225 cm³/mol. The highest BCUT2D eigenvalue weighted by Crippen LogP contribution is 2.47. The van der Waals surface area contributed by atoms with Crippen LogP contribution in [0.4, 0.5) is 16.2 Å². The molecule has 0 unspecified atom stereocenters. The molecule has 4 aromatic rings. The Morgan fingerprint density at radius 2 is 1.71 bits per heavy atom. The van der Waals surface area contributed by atoms with Crippen LogP contribution in [0, 0.1) is 18.3 Å². The molecule has 3 aliphatic heterocycles. The molecular formula is C45H56N8O6. The van der Waals surface area contributed by atoms with E-state index in [0.717, 1.165) is 75.0 Å². The molecule has 3 N–H and O–H groups in total. The molecular weight excluding hydrogens is 749 g/mol. The van der Waals surface area contributed by atoms with E-state index in [9.17, 15) is 24.3 Å². The molecule has 3 saturated heterocycles. The van der Waals surface area contributed by atoms with Crippen LogP contribution in [0.15, 0.2) is 54.7 Å². The fourth-order valence-corrected chi connectivity index (χ4v) is 9.64. The van der Waals surface area contributed by atoms with Crippen molar-refractivity contribution in [1.82, 2.24) is 29.9 Å². The topological polar surface area (TPSA) is 162 Å². The summed E-state index contributed by atoms with van der Waals surface area (Å²) in [5.74, 6) is 0.484. The van der Waals surface area contributed by atoms with Crippen LogP contribution in [0.25, 0.3) is 10.9 Å². The number of benzene rings is 2. The SMILES string of the molecule is COc1ccc(C(=O)N2CCC3(CCC(CN4CCC(n5cc6cc(NC(=O)c7cccc(C)n7)c(C(C)(C)O)cc6n5)CC4)CC3)CC2)cc1N1CCC(=O)NC1=O. The fourth-order valence-electron chi connectivity index (χ4n) is 9.64. The lowest BCUT2D eigenvalue weighted by Gasteiger charge is -2.47. The normalized spacial score (nSPS) is 19.6. The Hall–Kier alpha value is -5.34. The number of piperidine rings is 2. The van der Waals surface area contributed by atoms with Crippen LogP contribution in [0.1, 0.15) is 110 Å². The van der Waals surface area contributed by atoms with Crippen molar-refractivity contribution in [2.75, 3.05) is 56.6 Å². The van der Waals surface area contributed by atoms with E-state index in [1.807, 2.05) is 36.1 Å². The number of likely N-dealkylation sites (tertiary alicyclic amines) is 2. The smallest absolute Gasteiger partial charge is 0.328 e. The number of hydrogen-bond acceptors (Lipinski definition) is 9. The lowest BCUT2D eigenvalue weighted by atomic mass is 9.65. The summed E-state index contributed by atoms with van der Waals surface area (Å²) >= 11 is 0. The number of imide groups is 1. The van der Waals surface area contributed by atoms with Gasteiger partial charge >= 0.3 is 6.03 Å². The minimum atomic E-state index is -1.19. The molecule has 14 heteroatoms. The van der Waals surface area contributed by atoms with Gasteiger partial charge in [0.15, 0.2) is 0 Å². The van der Waals surface area contributed by atoms with Gasteiger partial charge in [-0.05, 0) is 126 Å². The first-order valence-corrected chi connectivity index (χ1v) is 21.1. The van der Waals surface area contributed by atoms with Crippen LogP contribution in [0.5, 0.6) is 5.75 Å². The molecule has 5 amide bonds. The van der Waals surface area contributed by atoms with Gasteiger partial charge in [-0.25, -0.2) is 9.78 Å². The van der Waals surface area contributed by atoms with E-state index in [2.05, 4.69) is 31.4 Å². The summed E-state index contributed by atoms with van der Waals surface area (Å²) in [4.78, 5) is 61.5. The minimum Gasteiger partial charge on any atom is -0.495 e. The number of urea groups is 1. The van der Waals surface area contributed by atoms with E-state index >= 15 is 0 Å². The van der Waals surface area contributed by atoms with Gasteiger partial charge in [-0.1, -0.05) is 6.07 Å². The first-order chi connectivity index (χ1) is 28.3. The van der Waals surface area contributed by atoms with Crippen LogP contribution < -0.4 is 20.3 Å². The van der Waals surface area contributed by atoms with Crippen molar-refractivity contribution >= 4 is 46.0 Å². The summed E-state index contributed by atoms with van der Waals surface area (Å²) in [7, 11) is 1.53. The maximum atomic E-state index is 13.7. The summed E-state index contributed by atoms with van der Waals surface area (Å²) < 4.78 is 7.58. The minimum absolute atomic E-state index is 0.0405. The fraction of sp³-hybridized carbons (Fsp3) is 0.511. The number of rotatable bonds is 9. The van der Waals surface area contributed by atoms with E-state index in [0.29, 0.717) is 39.9 Å². The highest BCUT2D eigenvalue weighted by Gasteiger charge is 2.40. The second kappa shape index (κ2) is 16.4. The van der Waals surface area contributed by atoms with E-state index in [1.54, 1.807) is 38.1 Å². The van der Waals surface area contributed by atoms with Gasteiger partial charge in [-0.3, -0.25) is 29.3 Å². The van der Waals surface area contributed by atoms with Gasteiger partial charge in [-0.2, -0.15) is 5.10 Å². The number of carbonyl (C=O) groups is 4.